The van der Waals surface area contributed by atoms with Crippen molar-refractivity contribution >= 4 is 0 Å². The van der Waals surface area contributed by atoms with E-state index in [0.29, 0.717) is 0 Å². The van der Waals surface area contributed by atoms with Crippen LogP contribution in [-0.4, -0.2) is 5.54 Å². The summed E-state index contributed by atoms with van der Waals surface area (Å²) in [5.41, 5.74) is 3.12. The lowest BCUT2D eigenvalue weighted by Crippen LogP contribution is -2.35. The molecular weight excluding hydrogens is 194 g/mol. The first kappa shape index (κ1) is 11.7. The Labute approximate surface area is 99.3 Å². The first-order chi connectivity index (χ1) is 7.54. The summed E-state index contributed by atoms with van der Waals surface area (Å²) in [5.74, 6) is 0.852. The molecule has 0 amide bonds. The molecule has 1 aliphatic carbocycles. The molecule has 1 aromatic carbocycles. The van der Waals surface area contributed by atoms with Gasteiger partial charge in [0, 0.05) is 12.1 Å². The van der Waals surface area contributed by atoms with Gasteiger partial charge in [0.05, 0.1) is 0 Å². The number of benzene rings is 1. The molecule has 1 heteroatoms. The lowest BCUT2D eigenvalue weighted by atomic mass is 9.80. The van der Waals surface area contributed by atoms with Crippen LogP contribution in [0.4, 0.5) is 0 Å². The molecule has 1 saturated carbocycles. The van der Waals surface area contributed by atoms with Gasteiger partial charge in [-0.2, -0.15) is 0 Å². The molecule has 0 heterocycles. The van der Waals surface area contributed by atoms with E-state index in [0.717, 1.165) is 12.5 Å². The summed E-state index contributed by atoms with van der Waals surface area (Å²) in [6.07, 6.45) is 4.19. The van der Waals surface area contributed by atoms with Crippen LogP contribution >= 0.6 is 0 Å². The Bertz CT molecular complexity index is 327. The molecule has 0 radical (unpaired) electrons. The van der Waals surface area contributed by atoms with Crippen LogP contribution in [0.15, 0.2) is 24.3 Å². The predicted molar refractivity (Wildman–Crippen MR) is 69.6 cm³/mol. The number of hydrogen-bond donors (Lipinski definition) is 1. The highest BCUT2D eigenvalue weighted by Crippen LogP contribution is 2.36. The smallest absolute Gasteiger partial charge is 0.0210 e. The zero-order valence-electron chi connectivity index (χ0n) is 10.7. The summed E-state index contributed by atoms with van der Waals surface area (Å²) >= 11 is 0. The molecule has 0 spiro atoms. The highest BCUT2D eigenvalue weighted by atomic mass is 14.9. The minimum Gasteiger partial charge on any atom is -0.308 e. The molecule has 1 nitrogen and oxygen atoms in total. The minimum atomic E-state index is 0.201. The van der Waals surface area contributed by atoms with Crippen LogP contribution in [0.3, 0.4) is 0 Å². The van der Waals surface area contributed by atoms with Gasteiger partial charge < -0.3 is 5.32 Å². The molecule has 2 rings (SSSR count). The fourth-order valence-corrected chi connectivity index (χ4v) is 2.02. The normalized spacial score (nSPS) is 17.2. The molecule has 0 unspecified atom stereocenters. The molecule has 1 aliphatic rings. The topological polar surface area (TPSA) is 12.0 Å². The summed E-state index contributed by atoms with van der Waals surface area (Å²) in [7, 11) is 0. The van der Waals surface area contributed by atoms with Gasteiger partial charge in [0.25, 0.3) is 0 Å². The van der Waals surface area contributed by atoms with Crippen LogP contribution in [0.25, 0.3) is 0 Å². The standard InChI is InChI=1S/C15H23N/c1-15(2,3)16-11-12-7-9-14(10-8-12)13-5-4-6-13/h7-10,13,16H,4-6,11H2,1-3H3. The summed E-state index contributed by atoms with van der Waals surface area (Å²) in [4.78, 5) is 0. The van der Waals surface area contributed by atoms with Crippen LogP contribution in [0.1, 0.15) is 57.1 Å². The van der Waals surface area contributed by atoms with E-state index >= 15 is 0 Å². The Kier molecular flexibility index (Phi) is 3.34. The van der Waals surface area contributed by atoms with Crippen molar-refractivity contribution in [2.75, 3.05) is 0 Å². The SMILES string of the molecule is CC(C)(C)NCc1ccc(C2CCC2)cc1. The third-order valence-corrected chi connectivity index (χ3v) is 3.38. The van der Waals surface area contributed by atoms with Crippen molar-refractivity contribution in [2.24, 2.45) is 0 Å². The van der Waals surface area contributed by atoms with Gasteiger partial charge in [-0.05, 0) is 50.7 Å². The van der Waals surface area contributed by atoms with E-state index in [-0.39, 0.29) is 5.54 Å². The van der Waals surface area contributed by atoms with E-state index in [1.165, 1.54) is 30.4 Å². The molecule has 0 aromatic heterocycles. The summed E-state index contributed by atoms with van der Waals surface area (Å²) in [6, 6.07) is 9.16. The summed E-state index contributed by atoms with van der Waals surface area (Å²) in [5, 5.41) is 3.51. The number of rotatable bonds is 3. The molecular formula is C15H23N. The molecule has 88 valence electrons. The van der Waals surface area contributed by atoms with Gasteiger partial charge >= 0.3 is 0 Å². The van der Waals surface area contributed by atoms with Gasteiger partial charge in [-0.25, -0.2) is 0 Å². The number of hydrogen-bond acceptors (Lipinski definition) is 1. The summed E-state index contributed by atoms with van der Waals surface area (Å²) < 4.78 is 0. The van der Waals surface area contributed by atoms with Crippen molar-refractivity contribution < 1.29 is 0 Å². The molecule has 1 fully saturated rings. The van der Waals surface area contributed by atoms with E-state index < -0.39 is 0 Å². The first-order valence-electron chi connectivity index (χ1n) is 6.38. The number of nitrogens with one attached hydrogen (secondary N) is 1. The van der Waals surface area contributed by atoms with Gasteiger partial charge in [0.1, 0.15) is 0 Å². The predicted octanol–water partition coefficient (Wildman–Crippen LogP) is 3.84. The van der Waals surface area contributed by atoms with Crippen LogP contribution < -0.4 is 5.32 Å². The van der Waals surface area contributed by atoms with E-state index in [1.807, 2.05) is 0 Å². The zero-order valence-corrected chi connectivity index (χ0v) is 10.7. The van der Waals surface area contributed by atoms with Crippen LogP contribution in [-0.2, 0) is 6.54 Å². The average Bonchev–Trinajstić information content (AvgIpc) is 2.13. The van der Waals surface area contributed by atoms with Crippen LogP contribution in [0.2, 0.25) is 0 Å². The van der Waals surface area contributed by atoms with E-state index in [4.69, 9.17) is 0 Å². The molecule has 0 atom stereocenters. The maximum absolute atomic E-state index is 3.51. The van der Waals surface area contributed by atoms with Crippen molar-refractivity contribution in [3.8, 4) is 0 Å². The Morgan fingerprint density at radius 3 is 2.19 bits per heavy atom. The van der Waals surface area contributed by atoms with Crippen molar-refractivity contribution in [3.05, 3.63) is 35.4 Å². The monoisotopic (exact) mass is 217 g/mol. The average molecular weight is 217 g/mol. The lowest BCUT2D eigenvalue weighted by molar-refractivity contribution is 0.418. The largest absolute Gasteiger partial charge is 0.308 e. The third kappa shape index (κ3) is 3.08. The van der Waals surface area contributed by atoms with Crippen molar-refractivity contribution in [2.45, 2.75) is 58.0 Å². The maximum Gasteiger partial charge on any atom is 0.0210 e. The Balaban J connectivity index is 1.91. The molecule has 0 bridgehead atoms. The molecule has 0 aliphatic heterocycles. The van der Waals surface area contributed by atoms with Gasteiger partial charge in [-0.3, -0.25) is 0 Å². The Morgan fingerprint density at radius 1 is 1.12 bits per heavy atom. The van der Waals surface area contributed by atoms with Gasteiger partial charge in [0.2, 0.25) is 0 Å². The highest BCUT2D eigenvalue weighted by Gasteiger charge is 2.18. The van der Waals surface area contributed by atoms with Crippen LogP contribution in [0, 0.1) is 0 Å². The van der Waals surface area contributed by atoms with Gasteiger partial charge in [-0.1, -0.05) is 30.7 Å². The first-order valence-corrected chi connectivity index (χ1v) is 6.38. The Morgan fingerprint density at radius 2 is 1.75 bits per heavy atom. The summed E-state index contributed by atoms with van der Waals surface area (Å²) in [6.45, 7) is 7.58. The van der Waals surface area contributed by atoms with E-state index in [2.05, 4.69) is 50.4 Å². The zero-order chi connectivity index (χ0) is 11.6. The van der Waals surface area contributed by atoms with Gasteiger partial charge in [-0.15, -0.1) is 0 Å². The fourth-order valence-electron chi connectivity index (χ4n) is 2.02. The second-order valence-electron chi connectivity index (χ2n) is 5.97. The molecule has 16 heavy (non-hydrogen) atoms. The highest BCUT2D eigenvalue weighted by molar-refractivity contribution is 5.26. The third-order valence-electron chi connectivity index (χ3n) is 3.38. The molecule has 0 saturated heterocycles. The second kappa shape index (κ2) is 4.58. The van der Waals surface area contributed by atoms with Crippen molar-refractivity contribution in [1.82, 2.24) is 5.32 Å². The van der Waals surface area contributed by atoms with Gasteiger partial charge in [0.15, 0.2) is 0 Å². The van der Waals surface area contributed by atoms with E-state index in [1.54, 1.807) is 0 Å². The van der Waals surface area contributed by atoms with Crippen molar-refractivity contribution in [1.29, 1.82) is 0 Å². The Hall–Kier alpha value is -0.820. The molecule has 1 N–H and O–H groups in total. The van der Waals surface area contributed by atoms with Crippen LogP contribution in [0.5, 0.6) is 0 Å². The fraction of sp³-hybridized carbons (Fsp3) is 0.600. The maximum atomic E-state index is 3.51. The van der Waals surface area contributed by atoms with E-state index in [9.17, 15) is 0 Å². The molecule has 1 aromatic rings. The minimum absolute atomic E-state index is 0.201. The van der Waals surface area contributed by atoms with Crippen molar-refractivity contribution in [3.63, 3.8) is 0 Å². The second-order valence-corrected chi connectivity index (χ2v) is 5.97. The quantitative estimate of drug-likeness (QED) is 0.811. The lowest BCUT2D eigenvalue weighted by Gasteiger charge is -2.26.